The van der Waals surface area contributed by atoms with E-state index in [4.69, 9.17) is 5.73 Å². The Kier molecular flexibility index (Phi) is 3.33. The lowest BCUT2D eigenvalue weighted by Gasteiger charge is -2.17. The molecule has 1 aliphatic heterocycles. The zero-order chi connectivity index (χ0) is 14.3. The fourth-order valence-corrected chi connectivity index (χ4v) is 3.71. The van der Waals surface area contributed by atoms with Crippen LogP contribution in [0.25, 0.3) is 0 Å². The predicted molar refractivity (Wildman–Crippen MR) is 71.1 cm³/mol. The van der Waals surface area contributed by atoms with Gasteiger partial charge >= 0.3 is 0 Å². The maximum Gasteiger partial charge on any atom is 0.233 e. The Morgan fingerprint density at radius 2 is 1.85 bits per heavy atom. The Bertz CT molecular complexity index is 458. The first-order chi connectivity index (χ1) is 9.63. The monoisotopic (exact) mass is 277 g/mol. The summed E-state index contributed by atoms with van der Waals surface area (Å²) in [5.41, 5.74) is 5.28. The normalized spacial score (nSPS) is 34.0. The molecule has 3 aliphatic rings. The van der Waals surface area contributed by atoms with Gasteiger partial charge in [-0.25, -0.2) is 0 Å². The van der Waals surface area contributed by atoms with Gasteiger partial charge in [-0.15, -0.1) is 0 Å². The second kappa shape index (κ2) is 5.01. The summed E-state index contributed by atoms with van der Waals surface area (Å²) in [4.78, 5) is 37.3. The highest BCUT2D eigenvalue weighted by atomic mass is 16.2. The highest BCUT2D eigenvalue weighted by molar-refractivity contribution is 6.06. The average Bonchev–Trinajstić information content (AvgIpc) is 3.08. The first-order valence-electron chi connectivity index (χ1n) is 7.14. The lowest BCUT2D eigenvalue weighted by molar-refractivity contribution is -0.141. The van der Waals surface area contributed by atoms with E-state index in [1.54, 1.807) is 0 Å². The van der Waals surface area contributed by atoms with Crippen molar-refractivity contribution >= 4 is 17.7 Å². The molecule has 0 aromatic heterocycles. The van der Waals surface area contributed by atoms with Gasteiger partial charge < -0.3 is 11.1 Å². The summed E-state index contributed by atoms with van der Waals surface area (Å²) in [6.07, 6.45) is 5.35. The van der Waals surface area contributed by atoms with Crippen LogP contribution in [0.3, 0.4) is 0 Å². The van der Waals surface area contributed by atoms with Crippen LogP contribution in [0.4, 0.5) is 0 Å². The number of amides is 3. The lowest BCUT2D eigenvalue weighted by atomic mass is 9.85. The average molecular weight is 277 g/mol. The number of nitrogens with zero attached hydrogens (tertiary/aromatic N) is 1. The molecule has 20 heavy (non-hydrogen) atoms. The van der Waals surface area contributed by atoms with Crippen LogP contribution in [-0.2, 0) is 14.4 Å². The molecule has 3 rings (SSSR count). The van der Waals surface area contributed by atoms with Crippen LogP contribution in [0.15, 0.2) is 12.2 Å². The Labute approximate surface area is 117 Å². The molecule has 0 aromatic rings. The molecule has 0 spiro atoms. The van der Waals surface area contributed by atoms with Gasteiger partial charge in [0.25, 0.3) is 0 Å². The van der Waals surface area contributed by atoms with E-state index in [-0.39, 0.29) is 54.4 Å². The molecule has 6 nitrogen and oxygen atoms in total. The second-order valence-electron chi connectivity index (χ2n) is 5.72. The van der Waals surface area contributed by atoms with Crippen LogP contribution >= 0.6 is 0 Å². The van der Waals surface area contributed by atoms with E-state index in [2.05, 4.69) is 17.5 Å². The fourth-order valence-electron chi connectivity index (χ4n) is 3.71. The van der Waals surface area contributed by atoms with Crippen LogP contribution in [0.5, 0.6) is 0 Å². The summed E-state index contributed by atoms with van der Waals surface area (Å²) in [5, 5.41) is 2.67. The van der Waals surface area contributed by atoms with Gasteiger partial charge in [0.1, 0.15) is 0 Å². The zero-order valence-electron chi connectivity index (χ0n) is 11.2. The summed E-state index contributed by atoms with van der Waals surface area (Å²) in [6.45, 7) is 0.867. The Hall–Kier alpha value is -1.69. The van der Waals surface area contributed by atoms with Crippen molar-refractivity contribution in [3.63, 3.8) is 0 Å². The van der Waals surface area contributed by atoms with Crippen molar-refractivity contribution in [3.05, 3.63) is 12.2 Å². The molecular formula is C14H19N3O3. The maximum absolute atomic E-state index is 12.3. The quantitative estimate of drug-likeness (QED) is 0.511. The summed E-state index contributed by atoms with van der Waals surface area (Å²) in [7, 11) is 0. The second-order valence-corrected chi connectivity index (χ2v) is 5.72. The number of imide groups is 1. The molecule has 0 radical (unpaired) electrons. The SMILES string of the molecule is NCCC(=O)NCCN1C(=O)C2C3C=CC(C3)C2C1=O. The molecule has 3 N–H and O–H groups in total. The number of rotatable bonds is 5. The number of hydrogen-bond acceptors (Lipinski definition) is 4. The van der Waals surface area contributed by atoms with E-state index in [0.29, 0.717) is 13.1 Å². The van der Waals surface area contributed by atoms with Gasteiger partial charge in [-0.05, 0) is 18.3 Å². The molecule has 1 heterocycles. The molecule has 2 bridgehead atoms. The third-order valence-electron chi connectivity index (χ3n) is 4.59. The van der Waals surface area contributed by atoms with Crippen LogP contribution in [0, 0.1) is 23.7 Å². The minimum atomic E-state index is -0.155. The molecule has 0 aromatic carbocycles. The first kappa shape index (κ1) is 13.3. The molecule has 1 saturated carbocycles. The number of hydrogen-bond donors (Lipinski definition) is 2. The minimum absolute atomic E-state index is 0.0649. The van der Waals surface area contributed by atoms with E-state index in [9.17, 15) is 14.4 Å². The molecule has 4 atom stereocenters. The molecular weight excluding hydrogens is 258 g/mol. The summed E-state index contributed by atoms with van der Waals surface area (Å²) in [6, 6.07) is 0. The lowest BCUT2D eigenvalue weighted by Crippen LogP contribution is -2.40. The molecule has 4 unspecified atom stereocenters. The smallest absolute Gasteiger partial charge is 0.233 e. The molecule has 2 aliphatic carbocycles. The third kappa shape index (κ3) is 1.95. The number of allylic oxidation sites excluding steroid dienone is 2. The number of carbonyl (C=O) groups excluding carboxylic acids is 3. The number of carbonyl (C=O) groups is 3. The standard InChI is InChI=1S/C14H19N3O3/c15-4-3-10(18)16-5-6-17-13(19)11-8-1-2-9(7-8)12(11)14(17)20/h1-2,8-9,11-12H,3-7,15H2,(H,16,18). The maximum atomic E-state index is 12.3. The van der Waals surface area contributed by atoms with Crippen molar-refractivity contribution in [2.75, 3.05) is 19.6 Å². The van der Waals surface area contributed by atoms with Crippen molar-refractivity contribution in [3.8, 4) is 0 Å². The summed E-state index contributed by atoms with van der Waals surface area (Å²) < 4.78 is 0. The topological polar surface area (TPSA) is 92.5 Å². The van der Waals surface area contributed by atoms with E-state index in [1.165, 1.54) is 4.90 Å². The van der Waals surface area contributed by atoms with Crippen molar-refractivity contribution in [1.82, 2.24) is 10.2 Å². The van der Waals surface area contributed by atoms with Gasteiger partial charge in [0.2, 0.25) is 17.7 Å². The number of likely N-dealkylation sites (tertiary alicyclic amines) is 1. The zero-order valence-corrected chi connectivity index (χ0v) is 11.2. The Balaban J connectivity index is 1.58. The third-order valence-corrected chi connectivity index (χ3v) is 4.59. The number of nitrogens with two attached hydrogens (primary N) is 1. The summed E-state index contributed by atoms with van der Waals surface area (Å²) >= 11 is 0. The van der Waals surface area contributed by atoms with Gasteiger partial charge in [0.05, 0.1) is 11.8 Å². The van der Waals surface area contributed by atoms with E-state index < -0.39 is 0 Å². The van der Waals surface area contributed by atoms with Crippen molar-refractivity contribution in [2.45, 2.75) is 12.8 Å². The number of fused-ring (bicyclic) bond motifs is 5. The van der Waals surface area contributed by atoms with Gasteiger partial charge in [0, 0.05) is 26.1 Å². The van der Waals surface area contributed by atoms with Crippen LogP contribution in [0.2, 0.25) is 0 Å². The summed E-state index contributed by atoms with van der Waals surface area (Å²) in [5.74, 6) is -0.116. The van der Waals surface area contributed by atoms with Crippen LogP contribution in [-0.4, -0.2) is 42.3 Å². The molecule has 2 fully saturated rings. The van der Waals surface area contributed by atoms with Crippen molar-refractivity contribution in [2.24, 2.45) is 29.4 Å². The first-order valence-corrected chi connectivity index (χ1v) is 7.14. The van der Waals surface area contributed by atoms with Gasteiger partial charge in [-0.2, -0.15) is 0 Å². The Morgan fingerprint density at radius 1 is 1.25 bits per heavy atom. The molecule has 6 heteroatoms. The predicted octanol–water partition coefficient (Wildman–Crippen LogP) is -0.741. The Morgan fingerprint density at radius 3 is 2.40 bits per heavy atom. The molecule has 1 saturated heterocycles. The highest BCUT2D eigenvalue weighted by Gasteiger charge is 2.58. The van der Waals surface area contributed by atoms with E-state index in [1.807, 2.05) is 0 Å². The van der Waals surface area contributed by atoms with E-state index in [0.717, 1.165) is 6.42 Å². The van der Waals surface area contributed by atoms with E-state index >= 15 is 0 Å². The van der Waals surface area contributed by atoms with Crippen molar-refractivity contribution in [1.29, 1.82) is 0 Å². The van der Waals surface area contributed by atoms with Crippen LogP contribution < -0.4 is 11.1 Å². The van der Waals surface area contributed by atoms with Crippen molar-refractivity contribution < 1.29 is 14.4 Å². The molecule has 108 valence electrons. The van der Waals surface area contributed by atoms with Crippen LogP contribution in [0.1, 0.15) is 12.8 Å². The minimum Gasteiger partial charge on any atom is -0.354 e. The van der Waals surface area contributed by atoms with Gasteiger partial charge in [0.15, 0.2) is 0 Å². The van der Waals surface area contributed by atoms with Gasteiger partial charge in [-0.3, -0.25) is 19.3 Å². The molecule has 3 amide bonds. The largest absolute Gasteiger partial charge is 0.354 e. The highest BCUT2D eigenvalue weighted by Crippen LogP contribution is 2.52. The number of nitrogens with one attached hydrogen (secondary N) is 1. The van der Waals surface area contributed by atoms with Gasteiger partial charge in [-0.1, -0.05) is 12.2 Å². The fraction of sp³-hybridized carbons (Fsp3) is 0.643.